The molecular formula is C15H25N3. The van der Waals surface area contributed by atoms with Crippen LogP contribution >= 0.6 is 0 Å². The van der Waals surface area contributed by atoms with Crippen LogP contribution in [0.2, 0.25) is 0 Å². The van der Waals surface area contributed by atoms with Crippen LogP contribution in [0.4, 0.5) is 5.82 Å². The summed E-state index contributed by atoms with van der Waals surface area (Å²) in [7, 11) is 0. The van der Waals surface area contributed by atoms with Gasteiger partial charge in [0.25, 0.3) is 0 Å². The Morgan fingerprint density at radius 1 is 1.06 bits per heavy atom. The summed E-state index contributed by atoms with van der Waals surface area (Å²) in [6.45, 7) is 7.52. The second-order valence-electron chi connectivity index (χ2n) is 5.11. The normalized spacial score (nSPS) is 14.7. The Labute approximate surface area is 110 Å². The first kappa shape index (κ1) is 13.3. The van der Waals surface area contributed by atoms with Crippen molar-refractivity contribution in [3.8, 4) is 0 Å². The quantitative estimate of drug-likeness (QED) is 0.862. The van der Waals surface area contributed by atoms with Crippen molar-refractivity contribution in [2.45, 2.75) is 65.2 Å². The summed E-state index contributed by atoms with van der Waals surface area (Å²) in [5.74, 6) is 2.66. The maximum atomic E-state index is 4.85. The van der Waals surface area contributed by atoms with Crippen LogP contribution in [0, 0.1) is 0 Å². The van der Waals surface area contributed by atoms with Crippen molar-refractivity contribution in [1.29, 1.82) is 0 Å². The SMILES string of the molecule is CCNc1nc(C(CC)CC)nc2c1CCCC2. The first-order valence-corrected chi connectivity index (χ1v) is 7.43. The molecule has 3 heteroatoms. The van der Waals surface area contributed by atoms with Crippen LogP contribution in [0.5, 0.6) is 0 Å². The summed E-state index contributed by atoms with van der Waals surface area (Å²) in [5, 5.41) is 3.43. The van der Waals surface area contributed by atoms with Crippen LogP contribution in [0.3, 0.4) is 0 Å². The van der Waals surface area contributed by atoms with E-state index in [0.717, 1.165) is 43.9 Å². The Bertz CT molecular complexity index is 397. The number of fused-ring (bicyclic) bond motifs is 1. The summed E-state index contributed by atoms with van der Waals surface area (Å²) in [6, 6.07) is 0. The summed E-state index contributed by atoms with van der Waals surface area (Å²) in [4.78, 5) is 9.64. The zero-order valence-corrected chi connectivity index (χ0v) is 11.9. The second-order valence-corrected chi connectivity index (χ2v) is 5.11. The molecule has 0 amide bonds. The Morgan fingerprint density at radius 3 is 2.44 bits per heavy atom. The summed E-state index contributed by atoms with van der Waals surface area (Å²) in [5.41, 5.74) is 2.67. The highest BCUT2D eigenvalue weighted by molar-refractivity contribution is 5.48. The lowest BCUT2D eigenvalue weighted by Gasteiger charge is -2.21. The van der Waals surface area contributed by atoms with Crippen molar-refractivity contribution in [2.24, 2.45) is 0 Å². The fourth-order valence-electron chi connectivity index (χ4n) is 2.76. The van der Waals surface area contributed by atoms with Crippen molar-refractivity contribution in [1.82, 2.24) is 9.97 Å². The molecule has 0 fully saturated rings. The molecule has 0 unspecified atom stereocenters. The van der Waals surface area contributed by atoms with Gasteiger partial charge in [-0.05, 0) is 45.4 Å². The van der Waals surface area contributed by atoms with Gasteiger partial charge in [0.2, 0.25) is 0 Å². The average molecular weight is 247 g/mol. The number of aryl methyl sites for hydroxylation is 1. The fraction of sp³-hybridized carbons (Fsp3) is 0.733. The molecule has 18 heavy (non-hydrogen) atoms. The molecule has 2 rings (SSSR count). The van der Waals surface area contributed by atoms with Gasteiger partial charge in [-0.1, -0.05) is 13.8 Å². The number of anilines is 1. The Balaban J connectivity index is 2.40. The van der Waals surface area contributed by atoms with Gasteiger partial charge in [-0.15, -0.1) is 0 Å². The molecule has 1 aliphatic carbocycles. The number of nitrogens with zero attached hydrogens (tertiary/aromatic N) is 2. The number of rotatable bonds is 5. The fourth-order valence-corrected chi connectivity index (χ4v) is 2.76. The molecular weight excluding hydrogens is 222 g/mol. The van der Waals surface area contributed by atoms with Gasteiger partial charge in [0.15, 0.2) is 0 Å². The summed E-state index contributed by atoms with van der Waals surface area (Å²) >= 11 is 0. The highest BCUT2D eigenvalue weighted by atomic mass is 15.0. The number of hydrogen-bond donors (Lipinski definition) is 1. The molecule has 1 aliphatic rings. The van der Waals surface area contributed by atoms with E-state index in [-0.39, 0.29) is 0 Å². The van der Waals surface area contributed by atoms with E-state index in [1.54, 1.807) is 0 Å². The first-order valence-electron chi connectivity index (χ1n) is 7.43. The van der Waals surface area contributed by atoms with E-state index in [9.17, 15) is 0 Å². The molecule has 0 aromatic carbocycles. The van der Waals surface area contributed by atoms with Gasteiger partial charge in [-0.2, -0.15) is 0 Å². The molecule has 1 heterocycles. The Hall–Kier alpha value is -1.12. The summed E-state index contributed by atoms with van der Waals surface area (Å²) in [6.07, 6.45) is 7.07. The van der Waals surface area contributed by atoms with E-state index in [2.05, 4.69) is 26.1 Å². The van der Waals surface area contributed by atoms with Crippen molar-refractivity contribution >= 4 is 5.82 Å². The van der Waals surface area contributed by atoms with Gasteiger partial charge in [0.05, 0.1) is 0 Å². The maximum absolute atomic E-state index is 4.85. The molecule has 1 N–H and O–H groups in total. The summed E-state index contributed by atoms with van der Waals surface area (Å²) < 4.78 is 0. The minimum absolute atomic E-state index is 0.509. The van der Waals surface area contributed by atoms with E-state index in [0.29, 0.717) is 5.92 Å². The molecule has 100 valence electrons. The molecule has 1 aromatic rings. The Kier molecular flexibility index (Phi) is 4.56. The lowest BCUT2D eigenvalue weighted by Crippen LogP contribution is -2.16. The van der Waals surface area contributed by atoms with Gasteiger partial charge in [-0.3, -0.25) is 0 Å². The van der Waals surface area contributed by atoms with E-state index < -0.39 is 0 Å². The lowest BCUT2D eigenvalue weighted by atomic mass is 9.95. The van der Waals surface area contributed by atoms with Gasteiger partial charge in [0, 0.05) is 23.7 Å². The molecule has 0 aliphatic heterocycles. The number of aromatic nitrogens is 2. The van der Waals surface area contributed by atoms with Crippen LogP contribution in [0.25, 0.3) is 0 Å². The number of nitrogens with one attached hydrogen (secondary N) is 1. The second kappa shape index (κ2) is 6.17. The third-order valence-electron chi connectivity index (χ3n) is 3.90. The lowest BCUT2D eigenvalue weighted by molar-refractivity contribution is 0.583. The molecule has 0 saturated carbocycles. The van der Waals surface area contributed by atoms with Crippen LogP contribution in [-0.4, -0.2) is 16.5 Å². The standard InChI is InChI=1S/C15H25N3/c1-4-11(5-2)14-17-13-10-8-7-9-12(13)15(18-14)16-6-3/h11H,4-10H2,1-3H3,(H,16,17,18). The highest BCUT2D eigenvalue weighted by Crippen LogP contribution is 2.29. The predicted octanol–water partition coefficient (Wildman–Crippen LogP) is 3.69. The highest BCUT2D eigenvalue weighted by Gasteiger charge is 2.20. The third-order valence-corrected chi connectivity index (χ3v) is 3.90. The molecule has 1 aromatic heterocycles. The van der Waals surface area contributed by atoms with Gasteiger partial charge >= 0.3 is 0 Å². The van der Waals surface area contributed by atoms with Gasteiger partial charge in [-0.25, -0.2) is 9.97 Å². The Morgan fingerprint density at radius 2 is 1.78 bits per heavy atom. The van der Waals surface area contributed by atoms with Gasteiger partial charge < -0.3 is 5.32 Å². The predicted molar refractivity (Wildman–Crippen MR) is 76.2 cm³/mol. The molecule has 0 saturated heterocycles. The molecule has 0 radical (unpaired) electrons. The van der Waals surface area contributed by atoms with Crippen molar-refractivity contribution in [3.05, 3.63) is 17.1 Å². The largest absolute Gasteiger partial charge is 0.370 e. The minimum atomic E-state index is 0.509. The minimum Gasteiger partial charge on any atom is -0.370 e. The van der Waals surface area contributed by atoms with Crippen molar-refractivity contribution < 1.29 is 0 Å². The molecule has 0 spiro atoms. The molecule has 0 bridgehead atoms. The third kappa shape index (κ3) is 2.65. The zero-order chi connectivity index (χ0) is 13.0. The van der Waals surface area contributed by atoms with Crippen molar-refractivity contribution in [2.75, 3.05) is 11.9 Å². The maximum Gasteiger partial charge on any atom is 0.134 e. The van der Waals surface area contributed by atoms with Crippen LogP contribution in [0.15, 0.2) is 0 Å². The van der Waals surface area contributed by atoms with Crippen molar-refractivity contribution in [3.63, 3.8) is 0 Å². The van der Waals surface area contributed by atoms with Crippen LogP contribution in [0.1, 0.15) is 69.5 Å². The molecule has 0 atom stereocenters. The number of hydrogen-bond acceptors (Lipinski definition) is 3. The van der Waals surface area contributed by atoms with E-state index in [1.807, 2.05) is 0 Å². The zero-order valence-electron chi connectivity index (χ0n) is 11.9. The van der Waals surface area contributed by atoms with E-state index >= 15 is 0 Å². The topological polar surface area (TPSA) is 37.8 Å². The van der Waals surface area contributed by atoms with Gasteiger partial charge in [0.1, 0.15) is 11.6 Å². The smallest absolute Gasteiger partial charge is 0.134 e. The molecule has 3 nitrogen and oxygen atoms in total. The van der Waals surface area contributed by atoms with E-state index in [4.69, 9.17) is 9.97 Å². The average Bonchev–Trinajstić information content (AvgIpc) is 2.40. The van der Waals surface area contributed by atoms with Crippen LogP contribution < -0.4 is 5.32 Å². The van der Waals surface area contributed by atoms with E-state index in [1.165, 1.54) is 24.1 Å². The monoisotopic (exact) mass is 247 g/mol. The first-order chi connectivity index (χ1) is 8.80. The van der Waals surface area contributed by atoms with Crippen LogP contribution in [-0.2, 0) is 12.8 Å².